The molecule has 94 valence electrons. The maximum atomic E-state index is 12.7. The van der Waals surface area contributed by atoms with Crippen molar-refractivity contribution in [3.63, 3.8) is 0 Å². The van der Waals surface area contributed by atoms with E-state index < -0.39 is 11.7 Å². The lowest BCUT2D eigenvalue weighted by Crippen LogP contribution is -2.48. The SMILES string of the molecule is CN1CCCC(CNC2(C(F)(F)F)CC2)C1. The number of halogens is 3. The lowest BCUT2D eigenvalue weighted by Gasteiger charge is -2.31. The standard InChI is InChI=1S/C11H19F3N2/c1-16-6-2-3-9(8-16)7-15-10(4-5-10)11(12,13)14/h9,15H,2-8H2,1H3. The Morgan fingerprint density at radius 3 is 2.56 bits per heavy atom. The molecule has 1 aliphatic carbocycles. The molecule has 0 spiro atoms. The molecule has 0 aromatic rings. The van der Waals surface area contributed by atoms with E-state index in [1.807, 2.05) is 7.05 Å². The van der Waals surface area contributed by atoms with Crippen LogP contribution in [0.15, 0.2) is 0 Å². The van der Waals surface area contributed by atoms with E-state index in [4.69, 9.17) is 0 Å². The van der Waals surface area contributed by atoms with Gasteiger partial charge in [0.2, 0.25) is 0 Å². The number of rotatable bonds is 3. The molecule has 1 unspecified atom stereocenters. The van der Waals surface area contributed by atoms with Gasteiger partial charge in [-0.3, -0.25) is 0 Å². The zero-order chi connectivity index (χ0) is 11.8. The third-order valence-electron chi connectivity index (χ3n) is 3.74. The van der Waals surface area contributed by atoms with Gasteiger partial charge in [-0.2, -0.15) is 13.2 Å². The molecule has 1 atom stereocenters. The molecular weight excluding hydrogens is 217 g/mol. The van der Waals surface area contributed by atoms with Gasteiger partial charge in [-0.25, -0.2) is 0 Å². The molecule has 2 rings (SSSR count). The fraction of sp³-hybridized carbons (Fsp3) is 1.00. The summed E-state index contributed by atoms with van der Waals surface area (Å²) in [4.78, 5) is 2.20. The molecule has 0 aromatic heterocycles. The molecule has 5 heteroatoms. The second-order valence-corrected chi connectivity index (χ2v) is 5.23. The molecule has 2 aliphatic rings. The Morgan fingerprint density at radius 1 is 1.38 bits per heavy atom. The topological polar surface area (TPSA) is 15.3 Å². The van der Waals surface area contributed by atoms with Crippen LogP contribution in [0.2, 0.25) is 0 Å². The van der Waals surface area contributed by atoms with Gasteiger partial charge in [0.05, 0.1) is 0 Å². The quantitative estimate of drug-likeness (QED) is 0.806. The van der Waals surface area contributed by atoms with Gasteiger partial charge in [0.25, 0.3) is 0 Å². The average Bonchev–Trinajstić information content (AvgIpc) is 2.94. The predicted octanol–water partition coefficient (Wildman–Crippen LogP) is 2.01. The Kier molecular flexibility index (Phi) is 3.18. The Morgan fingerprint density at radius 2 is 2.06 bits per heavy atom. The van der Waals surface area contributed by atoms with Crippen molar-refractivity contribution in [2.45, 2.75) is 37.4 Å². The van der Waals surface area contributed by atoms with Gasteiger partial charge < -0.3 is 10.2 Å². The van der Waals surface area contributed by atoms with E-state index in [-0.39, 0.29) is 12.8 Å². The van der Waals surface area contributed by atoms with E-state index in [1.165, 1.54) is 0 Å². The number of piperidine rings is 1. The summed E-state index contributed by atoms with van der Waals surface area (Å²) in [7, 11) is 2.03. The third kappa shape index (κ3) is 2.51. The summed E-state index contributed by atoms with van der Waals surface area (Å²) < 4.78 is 38.0. The Labute approximate surface area is 94.2 Å². The maximum Gasteiger partial charge on any atom is 0.406 e. The molecule has 1 aliphatic heterocycles. The van der Waals surface area contributed by atoms with Crippen LogP contribution < -0.4 is 5.32 Å². The van der Waals surface area contributed by atoms with Crippen molar-refractivity contribution in [2.24, 2.45) is 5.92 Å². The summed E-state index contributed by atoms with van der Waals surface area (Å²) in [6, 6.07) is 0. The number of hydrogen-bond donors (Lipinski definition) is 1. The molecular formula is C11H19F3N2. The van der Waals surface area contributed by atoms with Crippen LogP contribution in [0.5, 0.6) is 0 Å². The molecule has 1 saturated carbocycles. The highest BCUT2D eigenvalue weighted by Crippen LogP contribution is 2.48. The normalized spacial score (nSPS) is 30.4. The monoisotopic (exact) mass is 236 g/mol. The molecule has 0 radical (unpaired) electrons. The zero-order valence-corrected chi connectivity index (χ0v) is 9.61. The number of nitrogens with zero attached hydrogens (tertiary/aromatic N) is 1. The van der Waals surface area contributed by atoms with Crippen LogP contribution in [0, 0.1) is 5.92 Å². The Balaban J connectivity index is 1.79. The predicted molar refractivity (Wildman–Crippen MR) is 56.2 cm³/mol. The first-order valence-electron chi connectivity index (χ1n) is 5.93. The first-order valence-corrected chi connectivity index (χ1v) is 5.93. The van der Waals surface area contributed by atoms with Gasteiger partial charge in [0.1, 0.15) is 5.54 Å². The van der Waals surface area contributed by atoms with Crippen LogP contribution in [-0.4, -0.2) is 43.3 Å². The van der Waals surface area contributed by atoms with Crippen molar-refractivity contribution in [2.75, 3.05) is 26.7 Å². The fourth-order valence-electron chi connectivity index (χ4n) is 2.47. The van der Waals surface area contributed by atoms with Crippen molar-refractivity contribution in [3.8, 4) is 0 Å². The van der Waals surface area contributed by atoms with Gasteiger partial charge in [-0.1, -0.05) is 0 Å². The van der Waals surface area contributed by atoms with Gasteiger partial charge in [0, 0.05) is 13.1 Å². The molecule has 0 aromatic carbocycles. The molecule has 0 amide bonds. The lowest BCUT2D eigenvalue weighted by atomic mass is 9.98. The van der Waals surface area contributed by atoms with Crippen LogP contribution >= 0.6 is 0 Å². The highest BCUT2D eigenvalue weighted by molar-refractivity contribution is 5.08. The van der Waals surface area contributed by atoms with E-state index in [1.54, 1.807) is 0 Å². The fourth-order valence-corrected chi connectivity index (χ4v) is 2.47. The summed E-state index contributed by atoms with van der Waals surface area (Å²) in [5, 5.41) is 2.75. The van der Waals surface area contributed by atoms with Gasteiger partial charge >= 0.3 is 6.18 Å². The molecule has 1 heterocycles. The highest BCUT2D eigenvalue weighted by Gasteiger charge is 2.63. The average molecular weight is 236 g/mol. The Bertz CT molecular complexity index is 248. The van der Waals surface area contributed by atoms with Crippen molar-refractivity contribution in [3.05, 3.63) is 0 Å². The number of nitrogens with one attached hydrogen (secondary N) is 1. The minimum atomic E-state index is -4.08. The summed E-state index contributed by atoms with van der Waals surface area (Å²) in [5.74, 6) is 0.374. The smallest absolute Gasteiger partial charge is 0.306 e. The second kappa shape index (κ2) is 4.18. The van der Waals surface area contributed by atoms with Crippen molar-refractivity contribution >= 4 is 0 Å². The van der Waals surface area contributed by atoms with E-state index in [0.717, 1.165) is 25.9 Å². The van der Waals surface area contributed by atoms with E-state index in [9.17, 15) is 13.2 Å². The zero-order valence-electron chi connectivity index (χ0n) is 9.61. The van der Waals surface area contributed by atoms with E-state index in [0.29, 0.717) is 12.5 Å². The molecule has 2 nitrogen and oxygen atoms in total. The number of alkyl halides is 3. The first-order chi connectivity index (χ1) is 7.43. The molecule has 2 fully saturated rings. The highest BCUT2D eigenvalue weighted by atomic mass is 19.4. The van der Waals surface area contributed by atoms with Crippen molar-refractivity contribution < 1.29 is 13.2 Å². The maximum absolute atomic E-state index is 12.7. The lowest BCUT2D eigenvalue weighted by molar-refractivity contribution is -0.166. The number of hydrogen-bond acceptors (Lipinski definition) is 2. The minimum Gasteiger partial charge on any atom is -0.306 e. The Hall–Kier alpha value is -0.290. The van der Waals surface area contributed by atoms with E-state index >= 15 is 0 Å². The van der Waals surface area contributed by atoms with Crippen LogP contribution in [0.1, 0.15) is 25.7 Å². The van der Waals surface area contributed by atoms with Crippen LogP contribution in [0.4, 0.5) is 13.2 Å². The third-order valence-corrected chi connectivity index (χ3v) is 3.74. The molecule has 1 N–H and O–H groups in total. The summed E-state index contributed by atoms with van der Waals surface area (Å²) in [6.07, 6.45) is -1.43. The van der Waals surface area contributed by atoms with Crippen molar-refractivity contribution in [1.29, 1.82) is 0 Å². The van der Waals surface area contributed by atoms with Gasteiger partial charge in [-0.15, -0.1) is 0 Å². The first kappa shape index (κ1) is 12.2. The summed E-state index contributed by atoms with van der Waals surface area (Å²) in [5.41, 5.74) is -1.54. The largest absolute Gasteiger partial charge is 0.406 e. The van der Waals surface area contributed by atoms with Crippen LogP contribution in [-0.2, 0) is 0 Å². The van der Waals surface area contributed by atoms with Gasteiger partial charge in [0.15, 0.2) is 0 Å². The molecule has 1 saturated heterocycles. The molecule has 16 heavy (non-hydrogen) atoms. The van der Waals surface area contributed by atoms with Gasteiger partial charge in [-0.05, 0) is 45.2 Å². The minimum absolute atomic E-state index is 0.249. The molecule has 0 bridgehead atoms. The number of likely N-dealkylation sites (tertiary alicyclic amines) is 1. The summed E-state index contributed by atoms with van der Waals surface area (Å²) in [6.45, 7) is 2.49. The van der Waals surface area contributed by atoms with Crippen LogP contribution in [0.25, 0.3) is 0 Å². The van der Waals surface area contributed by atoms with E-state index in [2.05, 4.69) is 10.2 Å². The summed E-state index contributed by atoms with van der Waals surface area (Å²) >= 11 is 0. The van der Waals surface area contributed by atoms with Crippen LogP contribution in [0.3, 0.4) is 0 Å². The second-order valence-electron chi connectivity index (χ2n) is 5.23. The van der Waals surface area contributed by atoms with Crippen molar-refractivity contribution in [1.82, 2.24) is 10.2 Å².